The molecule has 2 atom stereocenters. The zero-order valence-corrected chi connectivity index (χ0v) is 11.3. The molecular weight excluding hydrogens is 246 g/mol. The Bertz CT molecular complexity index is 397. The number of hydrogen-bond donors (Lipinski definition) is 1. The molecule has 0 aromatic carbocycles. The number of primary amides is 1. The molecule has 2 fully saturated rings. The molecule has 0 aromatic heterocycles. The van der Waals surface area contributed by atoms with Crippen LogP contribution in [0.3, 0.4) is 0 Å². The zero-order valence-electron chi connectivity index (χ0n) is 11.3. The molecule has 2 N–H and O–H groups in total. The maximum Gasteiger partial charge on any atom is 0.226 e. The highest BCUT2D eigenvalue weighted by Gasteiger charge is 2.34. The van der Waals surface area contributed by atoms with Gasteiger partial charge in [-0.1, -0.05) is 0 Å². The smallest absolute Gasteiger partial charge is 0.226 e. The number of amides is 3. The zero-order chi connectivity index (χ0) is 14.0. The first-order chi connectivity index (χ1) is 8.99. The molecular formula is C13H21N3O3. The molecule has 0 saturated carbocycles. The molecule has 0 radical (unpaired) electrons. The first kappa shape index (κ1) is 13.8. The van der Waals surface area contributed by atoms with Crippen LogP contribution in [-0.4, -0.2) is 54.2 Å². The van der Waals surface area contributed by atoms with Gasteiger partial charge in [0.25, 0.3) is 0 Å². The monoisotopic (exact) mass is 267 g/mol. The molecule has 6 nitrogen and oxygen atoms in total. The first-order valence-electron chi connectivity index (χ1n) is 6.81. The van der Waals surface area contributed by atoms with Crippen molar-refractivity contribution in [1.82, 2.24) is 9.80 Å². The fourth-order valence-corrected chi connectivity index (χ4v) is 2.82. The van der Waals surface area contributed by atoms with Gasteiger partial charge < -0.3 is 15.5 Å². The summed E-state index contributed by atoms with van der Waals surface area (Å²) in [6.45, 7) is 1.71. The first-order valence-corrected chi connectivity index (χ1v) is 6.81. The van der Waals surface area contributed by atoms with Gasteiger partial charge in [-0.3, -0.25) is 14.4 Å². The lowest BCUT2D eigenvalue weighted by Gasteiger charge is -2.36. The third kappa shape index (κ3) is 3.05. The Morgan fingerprint density at radius 2 is 1.95 bits per heavy atom. The van der Waals surface area contributed by atoms with Gasteiger partial charge in [0.15, 0.2) is 0 Å². The average molecular weight is 267 g/mol. The Kier molecular flexibility index (Phi) is 4.07. The topological polar surface area (TPSA) is 83.7 Å². The van der Waals surface area contributed by atoms with Crippen LogP contribution in [0.2, 0.25) is 0 Å². The van der Waals surface area contributed by atoms with E-state index in [4.69, 9.17) is 5.73 Å². The lowest BCUT2D eigenvalue weighted by molar-refractivity contribution is -0.146. The highest BCUT2D eigenvalue weighted by molar-refractivity contribution is 5.87. The van der Waals surface area contributed by atoms with Crippen molar-refractivity contribution < 1.29 is 14.4 Å². The van der Waals surface area contributed by atoms with Crippen molar-refractivity contribution in [3.63, 3.8) is 0 Å². The third-order valence-electron chi connectivity index (χ3n) is 4.14. The van der Waals surface area contributed by atoms with E-state index in [9.17, 15) is 14.4 Å². The number of carbonyl (C=O) groups excluding carboxylic acids is 3. The van der Waals surface area contributed by atoms with Crippen LogP contribution in [0.5, 0.6) is 0 Å². The van der Waals surface area contributed by atoms with E-state index in [2.05, 4.69) is 0 Å². The van der Waals surface area contributed by atoms with Gasteiger partial charge >= 0.3 is 0 Å². The molecule has 0 aliphatic carbocycles. The van der Waals surface area contributed by atoms with Gasteiger partial charge in [0.1, 0.15) is 0 Å². The van der Waals surface area contributed by atoms with Crippen LogP contribution in [0.25, 0.3) is 0 Å². The molecule has 0 aromatic rings. The normalized spacial score (nSPS) is 28.4. The van der Waals surface area contributed by atoms with E-state index in [0.29, 0.717) is 26.1 Å². The minimum Gasteiger partial charge on any atom is -0.369 e. The van der Waals surface area contributed by atoms with Crippen molar-refractivity contribution >= 4 is 17.7 Å². The number of carbonyl (C=O) groups is 3. The Morgan fingerprint density at radius 3 is 2.58 bits per heavy atom. The maximum absolute atomic E-state index is 12.4. The van der Waals surface area contributed by atoms with Gasteiger partial charge in [0, 0.05) is 39.0 Å². The van der Waals surface area contributed by atoms with Gasteiger partial charge in [-0.15, -0.1) is 0 Å². The summed E-state index contributed by atoms with van der Waals surface area (Å²) in [6, 6.07) is 0. The van der Waals surface area contributed by atoms with E-state index < -0.39 is 0 Å². The van der Waals surface area contributed by atoms with E-state index in [0.717, 1.165) is 12.8 Å². The summed E-state index contributed by atoms with van der Waals surface area (Å²) in [7, 11) is 1.76. The molecule has 2 aliphatic heterocycles. The minimum absolute atomic E-state index is 0.00685. The predicted molar refractivity (Wildman–Crippen MR) is 68.9 cm³/mol. The second-order valence-electron chi connectivity index (χ2n) is 5.53. The van der Waals surface area contributed by atoms with Crippen molar-refractivity contribution in [3.05, 3.63) is 0 Å². The SMILES string of the molecule is CN1CC[C@H](C(=O)N2CCC[C@H](C(N)=O)C2)CC1=O. The number of nitrogens with two attached hydrogens (primary N) is 1. The summed E-state index contributed by atoms with van der Waals surface area (Å²) in [5, 5.41) is 0. The second kappa shape index (κ2) is 5.59. The van der Waals surface area contributed by atoms with Gasteiger partial charge in [-0.05, 0) is 19.3 Å². The number of nitrogens with zero attached hydrogens (tertiary/aromatic N) is 2. The molecule has 106 valence electrons. The summed E-state index contributed by atoms with van der Waals surface area (Å²) in [5.74, 6) is -0.771. The Balaban J connectivity index is 1.96. The Morgan fingerprint density at radius 1 is 1.21 bits per heavy atom. The van der Waals surface area contributed by atoms with E-state index >= 15 is 0 Å². The van der Waals surface area contributed by atoms with Crippen LogP contribution in [-0.2, 0) is 14.4 Å². The molecule has 0 bridgehead atoms. The van der Waals surface area contributed by atoms with E-state index in [-0.39, 0.29) is 36.0 Å². The molecule has 19 heavy (non-hydrogen) atoms. The second-order valence-corrected chi connectivity index (χ2v) is 5.53. The van der Waals surface area contributed by atoms with Crippen molar-refractivity contribution in [3.8, 4) is 0 Å². The fourth-order valence-electron chi connectivity index (χ4n) is 2.82. The van der Waals surface area contributed by atoms with Crippen LogP contribution in [0, 0.1) is 11.8 Å². The van der Waals surface area contributed by atoms with Crippen molar-refractivity contribution in [2.24, 2.45) is 17.6 Å². The summed E-state index contributed by atoms with van der Waals surface area (Å²) >= 11 is 0. The lowest BCUT2D eigenvalue weighted by Crippen LogP contribution is -2.48. The number of hydrogen-bond acceptors (Lipinski definition) is 3. The highest BCUT2D eigenvalue weighted by atomic mass is 16.2. The van der Waals surface area contributed by atoms with Crippen LogP contribution in [0.1, 0.15) is 25.7 Å². The summed E-state index contributed by atoms with van der Waals surface area (Å²) in [6.07, 6.45) is 2.55. The standard InChI is InChI=1S/C13H21N3O3/c1-15-6-4-9(7-11(15)17)13(19)16-5-2-3-10(8-16)12(14)18/h9-10H,2-8H2,1H3,(H2,14,18)/t9-,10-/m0/s1. The fraction of sp³-hybridized carbons (Fsp3) is 0.769. The minimum atomic E-state index is -0.336. The van der Waals surface area contributed by atoms with Crippen LogP contribution in [0.15, 0.2) is 0 Å². The van der Waals surface area contributed by atoms with Gasteiger partial charge in [0.2, 0.25) is 17.7 Å². The summed E-state index contributed by atoms with van der Waals surface area (Å²) < 4.78 is 0. The summed E-state index contributed by atoms with van der Waals surface area (Å²) in [5.41, 5.74) is 5.31. The molecule has 2 aliphatic rings. The van der Waals surface area contributed by atoms with E-state index in [1.807, 2.05) is 0 Å². The number of likely N-dealkylation sites (tertiary alicyclic amines) is 2. The van der Waals surface area contributed by atoms with E-state index in [1.165, 1.54) is 0 Å². The summed E-state index contributed by atoms with van der Waals surface area (Å²) in [4.78, 5) is 38.6. The highest BCUT2D eigenvalue weighted by Crippen LogP contribution is 2.23. The molecule has 0 spiro atoms. The molecule has 2 saturated heterocycles. The number of rotatable bonds is 2. The molecule has 2 heterocycles. The molecule has 0 unspecified atom stereocenters. The lowest BCUT2D eigenvalue weighted by atomic mass is 9.92. The number of piperidine rings is 2. The van der Waals surface area contributed by atoms with Gasteiger partial charge in [0.05, 0.1) is 5.92 Å². The average Bonchev–Trinajstić information content (AvgIpc) is 2.41. The van der Waals surface area contributed by atoms with Crippen LogP contribution in [0.4, 0.5) is 0 Å². The Labute approximate surface area is 112 Å². The van der Waals surface area contributed by atoms with Crippen LogP contribution < -0.4 is 5.73 Å². The molecule has 6 heteroatoms. The largest absolute Gasteiger partial charge is 0.369 e. The van der Waals surface area contributed by atoms with Crippen LogP contribution >= 0.6 is 0 Å². The molecule has 3 amide bonds. The van der Waals surface area contributed by atoms with Gasteiger partial charge in [-0.25, -0.2) is 0 Å². The van der Waals surface area contributed by atoms with Crippen molar-refractivity contribution in [1.29, 1.82) is 0 Å². The molecule has 2 rings (SSSR count). The quantitative estimate of drug-likeness (QED) is 0.737. The third-order valence-corrected chi connectivity index (χ3v) is 4.14. The van der Waals surface area contributed by atoms with Crippen molar-refractivity contribution in [2.45, 2.75) is 25.7 Å². The maximum atomic E-state index is 12.4. The Hall–Kier alpha value is -1.59. The van der Waals surface area contributed by atoms with Gasteiger partial charge in [-0.2, -0.15) is 0 Å². The van der Waals surface area contributed by atoms with E-state index in [1.54, 1.807) is 16.8 Å². The van der Waals surface area contributed by atoms with Crippen molar-refractivity contribution in [2.75, 3.05) is 26.7 Å². The predicted octanol–water partition coefficient (Wildman–Crippen LogP) is -0.421.